The van der Waals surface area contributed by atoms with Gasteiger partial charge in [0.1, 0.15) is 6.54 Å². The van der Waals surface area contributed by atoms with Crippen molar-refractivity contribution in [1.29, 1.82) is 5.41 Å². The Labute approximate surface area is 182 Å². The molecule has 0 unspecified atom stereocenters. The van der Waals surface area contributed by atoms with Gasteiger partial charge in [-0.25, -0.2) is 0 Å². The molecule has 158 valence electrons. The van der Waals surface area contributed by atoms with Crippen LogP contribution in [0.5, 0.6) is 0 Å². The summed E-state index contributed by atoms with van der Waals surface area (Å²) >= 11 is 6.23. The maximum absolute atomic E-state index is 13.3. The molecular formula is C24H27ClN2O3. The number of anilines is 1. The molecule has 2 aromatic carbocycles. The highest BCUT2D eigenvalue weighted by Gasteiger charge is 2.27. The third kappa shape index (κ3) is 5.48. The van der Waals surface area contributed by atoms with Gasteiger partial charge >= 0.3 is 5.97 Å². The topological polar surface area (TPSA) is 70.5 Å². The van der Waals surface area contributed by atoms with E-state index in [1.165, 1.54) is 18.4 Å². The number of carbonyl (C=O) groups is 2. The molecule has 1 aliphatic rings. The predicted octanol–water partition coefficient (Wildman–Crippen LogP) is 5.23. The van der Waals surface area contributed by atoms with Gasteiger partial charge in [0.05, 0.1) is 18.5 Å². The summed E-state index contributed by atoms with van der Waals surface area (Å²) in [5.74, 6) is -0.299. The number of methoxy groups -OCH3 is 1. The van der Waals surface area contributed by atoms with Crippen LogP contribution in [0.3, 0.4) is 0 Å². The number of carbonyl (C=O) groups excluding carboxylic acids is 2. The second kappa shape index (κ2) is 10.4. The zero-order valence-electron chi connectivity index (χ0n) is 17.2. The number of hydrogen-bond acceptors (Lipinski definition) is 4. The predicted molar refractivity (Wildman–Crippen MR) is 119 cm³/mol. The summed E-state index contributed by atoms with van der Waals surface area (Å²) in [5.41, 5.74) is 1.96. The zero-order valence-corrected chi connectivity index (χ0v) is 18.0. The monoisotopic (exact) mass is 426 g/mol. The fourth-order valence-electron chi connectivity index (χ4n) is 3.95. The van der Waals surface area contributed by atoms with Crippen molar-refractivity contribution in [3.63, 3.8) is 0 Å². The van der Waals surface area contributed by atoms with Gasteiger partial charge in [-0.3, -0.25) is 15.0 Å². The fraction of sp³-hybridized carbons (Fsp3) is 0.375. The van der Waals surface area contributed by atoms with E-state index in [2.05, 4.69) is 0 Å². The number of rotatable bonds is 7. The van der Waals surface area contributed by atoms with E-state index in [-0.39, 0.29) is 18.2 Å². The molecule has 0 atom stereocenters. The van der Waals surface area contributed by atoms with E-state index in [0.717, 1.165) is 25.7 Å². The van der Waals surface area contributed by atoms with Crippen LogP contribution in [0, 0.1) is 11.3 Å². The van der Waals surface area contributed by atoms with E-state index in [1.54, 1.807) is 18.2 Å². The molecule has 0 aromatic heterocycles. The first-order chi connectivity index (χ1) is 14.5. The van der Waals surface area contributed by atoms with Crippen molar-refractivity contribution < 1.29 is 14.3 Å². The summed E-state index contributed by atoms with van der Waals surface area (Å²) in [7, 11) is 1.31. The minimum absolute atomic E-state index is 0.128. The third-order valence-corrected chi connectivity index (χ3v) is 5.82. The Morgan fingerprint density at radius 3 is 2.47 bits per heavy atom. The lowest BCUT2D eigenvalue weighted by atomic mass is 9.86. The first-order valence-corrected chi connectivity index (χ1v) is 10.7. The van der Waals surface area contributed by atoms with Gasteiger partial charge in [-0.05, 0) is 37.0 Å². The SMILES string of the molecule is COC(=O)CN(C(=O)CC1CCCCC1)c1ccc(Cl)cc1C(=N)c1ccccc1. The lowest BCUT2D eigenvalue weighted by Crippen LogP contribution is -2.38. The molecule has 1 aliphatic carbocycles. The molecule has 0 aliphatic heterocycles. The number of halogens is 1. The fourth-order valence-corrected chi connectivity index (χ4v) is 4.13. The van der Waals surface area contributed by atoms with Crippen molar-refractivity contribution in [3.8, 4) is 0 Å². The lowest BCUT2D eigenvalue weighted by Gasteiger charge is -2.28. The molecule has 0 heterocycles. The number of nitrogens with zero attached hydrogens (tertiary/aromatic N) is 1. The summed E-state index contributed by atoms with van der Waals surface area (Å²) in [6, 6.07) is 14.3. The molecule has 0 radical (unpaired) electrons. The minimum atomic E-state index is -0.501. The zero-order chi connectivity index (χ0) is 21.5. The van der Waals surface area contributed by atoms with Crippen LogP contribution in [0.1, 0.15) is 49.7 Å². The number of hydrogen-bond donors (Lipinski definition) is 1. The van der Waals surface area contributed by atoms with E-state index in [9.17, 15) is 9.59 Å². The third-order valence-electron chi connectivity index (χ3n) is 5.59. The molecule has 1 saturated carbocycles. The van der Waals surface area contributed by atoms with Crippen molar-refractivity contribution in [2.45, 2.75) is 38.5 Å². The summed E-state index contributed by atoms with van der Waals surface area (Å²) < 4.78 is 4.84. The van der Waals surface area contributed by atoms with E-state index >= 15 is 0 Å². The summed E-state index contributed by atoms with van der Waals surface area (Å²) in [4.78, 5) is 26.8. The molecule has 1 fully saturated rings. The maximum Gasteiger partial charge on any atom is 0.325 e. The van der Waals surface area contributed by atoms with E-state index in [1.807, 2.05) is 30.3 Å². The Morgan fingerprint density at radius 2 is 1.80 bits per heavy atom. The Balaban J connectivity index is 1.96. The number of benzene rings is 2. The van der Waals surface area contributed by atoms with Crippen LogP contribution in [0.15, 0.2) is 48.5 Å². The Bertz CT molecular complexity index is 908. The van der Waals surface area contributed by atoms with Crippen molar-refractivity contribution in [3.05, 3.63) is 64.7 Å². The van der Waals surface area contributed by atoms with E-state index in [0.29, 0.717) is 34.2 Å². The highest BCUT2D eigenvalue weighted by Crippen LogP contribution is 2.31. The first-order valence-electron chi connectivity index (χ1n) is 10.3. The van der Waals surface area contributed by atoms with Crippen LogP contribution < -0.4 is 4.90 Å². The quantitative estimate of drug-likeness (QED) is 0.486. The molecule has 0 spiro atoms. The Morgan fingerprint density at radius 1 is 1.10 bits per heavy atom. The molecule has 2 aromatic rings. The largest absolute Gasteiger partial charge is 0.468 e. The van der Waals surface area contributed by atoms with Crippen molar-refractivity contribution >= 4 is 34.9 Å². The van der Waals surface area contributed by atoms with Gasteiger partial charge < -0.3 is 9.64 Å². The van der Waals surface area contributed by atoms with E-state index < -0.39 is 5.97 Å². The smallest absolute Gasteiger partial charge is 0.325 e. The normalized spacial score (nSPS) is 14.2. The van der Waals surface area contributed by atoms with Crippen LogP contribution in [0.25, 0.3) is 0 Å². The van der Waals surface area contributed by atoms with Crippen molar-refractivity contribution in [2.75, 3.05) is 18.6 Å². The van der Waals surface area contributed by atoms with Crippen LogP contribution in [-0.4, -0.2) is 31.2 Å². The molecule has 6 heteroatoms. The van der Waals surface area contributed by atoms with Gasteiger partial charge in [0, 0.05) is 22.6 Å². The number of nitrogens with one attached hydrogen (secondary N) is 1. The standard InChI is InChI=1S/C24H27ClN2O3/c1-30-23(29)16-27(22(28)14-17-8-4-2-5-9-17)21-13-12-19(25)15-20(21)24(26)18-10-6-3-7-11-18/h3,6-7,10-13,15,17,26H,2,4-5,8-9,14,16H2,1H3. The second-order valence-electron chi connectivity index (χ2n) is 7.67. The molecule has 3 rings (SSSR count). The Kier molecular flexibility index (Phi) is 7.63. The lowest BCUT2D eigenvalue weighted by molar-refractivity contribution is -0.140. The summed E-state index contributed by atoms with van der Waals surface area (Å²) in [6.07, 6.45) is 5.94. The number of ether oxygens (including phenoxy) is 1. The summed E-state index contributed by atoms with van der Waals surface area (Å²) in [6.45, 7) is -0.196. The van der Waals surface area contributed by atoms with Crippen LogP contribution in [-0.2, 0) is 14.3 Å². The highest BCUT2D eigenvalue weighted by atomic mass is 35.5. The maximum atomic E-state index is 13.3. The van der Waals surface area contributed by atoms with Gasteiger partial charge in [0.2, 0.25) is 5.91 Å². The second-order valence-corrected chi connectivity index (χ2v) is 8.10. The number of amides is 1. The molecule has 1 amide bonds. The summed E-state index contributed by atoms with van der Waals surface area (Å²) in [5, 5.41) is 9.17. The van der Waals surface area contributed by atoms with Gasteiger partial charge in [-0.15, -0.1) is 0 Å². The van der Waals surface area contributed by atoms with Crippen molar-refractivity contribution in [2.24, 2.45) is 5.92 Å². The number of esters is 1. The van der Waals surface area contributed by atoms with Gasteiger partial charge in [-0.2, -0.15) is 0 Å². The van der Waals surface area contributed by atoms with Crippen LogP contribution >= 0.6 is 11.6 Å². The van der Waals surface area contributed by atoms with Crippen molar-refractivity contribution in [1.82, 2.24) is 0 Å². The molecule has 5 nitrogen and oxygen atoms in total. The molecule has 1 N–H and O–H groups in total. The average Bonchev–Trinajstić information content (AvgIpc) is 2.78. The van der Waals surface area contributed by atoms with Gasteiger partial charge in [0.25, 0.3) is 0 Å². The molecular weight excluding hydrogens is 400 g/mol. The Hall–Kier alpha value is -2.66. The molecule has 30 heavy (non-hydrogen) atoms. The molecule has 0 bridgehead atoms. The van der Waals surface area contributed by atoms with E-state index in [4.69, 9.17) is 21.7 Å². The first kappa shape index (κ1) is 22.0. The molecule has 0 saturated heterocycles. The average molecular weight is 427 g/mol. The van der Waals surface area contributed by atoms with Crippen LogP contribution in [0.2, 0.25) is 5.02 Å². The highest BCUT2D eigenvalue weighted by molar-refractivity contribution is 6.31. The van der Waals surface area contributed by atoms with Crippen LogP contribution in [0.4, 0.5) is 5.69 Å². The minimum Gasteiger partial charge on any atom is -0.468 e. The van der Waals surface area contributed by atoms with Gasteiger partial charge in [0.15, 0.2) is 0 Å². The van der Waals surface area contributed by atoms with Gasteiger partial charge in [-0.1, -0.05) is 61.2 Å².